The summed E-state index contributed by atoms with van der Waals surface area (Å²) in [5, 5.41) is 0. The molecule has 0 saturated carbocycles. The van der Waals surface area contributed by atoms with Crippen molar-refractivity contribution in [2.24, 2.45) is 0 Å². The summed E-state index contributed by atoms with van der Waals surface area (Å²) in [6.45, 7) is 3.03. The van der Waals surface area contributed by atoms with Gasteiger partial charge in [0.25, 0.3) is 11.8 Å². The number of rotatable bonds is 6. The zero-order valence-electron chi connectivity index (χ0n) is 18.6. The lowest BCUT2D eigenvalue weighted by atomic mass is 9.81. The van der Waals surface area contributed by atoms with Gasteiger partial charge in [0.05, 0.1) is 24.8 Å². The van der Waals surface area contributed by atoms with Gasteiger partial charge in [-0.25, -0.2) is 9.69 Å². The number of methoxy groups -OCH3 is 1. The zero-order chi connectivity index (χ0) is 23.0. The van der Waals surface area contributed by atoms with Crippen molar-refractivity contribution in [2.45, 2.75) is 43.7 Å². The summed E-state index contributed by atoms with van der Waals surface area (Å²) in [5.74, 6) is -0.615. The molecule has 3 amide bonds. The SMILES string of the molecule is CCC[N+]1(c2ccc(OC)cc2)C(=O)[C@]2(N3C(=O)c4ccccc4C3=O)O[C@@]21C1CCCO1. The van der Waals surface area contributed by atoms with Crippen molar-refractivity contribution in [1.82, 2.24) is 9.38 Å². The van der Waals surface area contributed by atoms with Gasteiger partial charge >= 0.3 is 17.4 Å². The highest BCUT2D eigenvalue weighted by Crippen LogP contribution is 2.72. The van der Waals surface area contributed by atoms with Crippen LogP contribution in [0.3, 0.4) is 0 Å². The number of carbonyl (C=O) groups excluding carboxylic acids is 3. The second-order valence-corrected chi connectivity index (χ2v) is 8.97. The number of hydrogen-bond donors (Lipinski definition) is 0. The van der Waals surface area contributed by atoms with Crippen molar-refractivity contribution in [3.63, 3.8) is 0 Å². The summed E-state index contributed by atoms with van der Waals surface area (Å²) in [7, 11) is 1.59. The quantitative estimate of drug-likeness (QED) is 0.292. The van der Waals surface area contributed by atoms with E-state index in [0.717, 1.165) is 17.0 Å². The number of β-lactam (4-membered cyclic amide) rings is 1. The number of ether oxygens (including phenoxy) is 3. The summed E-state index contributed by atoms with van der Waals surface area (Å²) in [4.78, 5) is 42.0. The van der Waals surface area contributed by atoms with E-state index in [2.05, 4.69) is 0 Å². The molecule has 2 unspecified atom stereocenters. The Labute approximate surface area is 191 Å². The number of epoxide rings is 1. The van der Waals surface area contributed by atoms with E-state index in [9.17, 15) is 14.4 Å². The first-order valence-electron chi connectivity index (χ1n) is 11.4. The Hall–Kier alpha value is -3.07. The maximum atomic E-state index is 14.2. The molecule has 0 aliphatic carbocycles. The Morgan fingerprint density at radius 1 is 1.06 bits per heavy atom. The molecule has 4 aliphatic heterocycles. The second kappa shape index (κ2) is 6.72. The third-order valence-corrected chi connectivity index (χ3v) is 7.50. The van der Waals surface area contributed by atoms with Gasteiger partial charge in [0.1, 0.15) is 17.5 Å². The minimum Gasteiger partial charge on any atom is -0.497 e. The Morgan fingerprint density at radius 2 is 1.73 bits per heavy atom. The summed E-state index contributed by atoms with van der Waals surface area (Å²) >= 11 is 0. The molecule has 4 aliphatic rings. The molecule has 0 radical (unpaired) electrons. The molecule has 0 N–H and O–H groups in total. The summed E-state index contributed by atoms with van der Waals surface area (Å²) in [5.41, 5.74) is -1.47. The van der Waals surface area contributed by atoms with Crippen molar-refractivity contribution in [3.05, 3.63) is 59.7 Å². The Balaban J connectivity index is 1.51. The number of carbonyl (C=O) groups is 3. The molecule has 4 atom stereocenters. The maximum absolute atomic E-state index is 14.2. The molecule has 4 heterocycles. The van der Waals surface area contributed by atoms with Crippen LogP contribution in [0.1, 0.15) is 46.9 Å². The lowest BCUT2D eigenvalue weighted by Crippen LogP contribution is -2.86. The van der Waals surface area contributed by atoms with E-state index in [1.165, 1.54) is 0 Å². The lowest BCUT2D eigenvalue weighted by molar-refractivity contribution is -0.162. The zero-order valence-corrected chi connectivity index (χ0v) is 18.6. The Morgan fingerprint density at radius 3 is 2.27 bits per heavy atom. The minimum atomic E-state index is -1.65. The first-order valence-corrected chi connectivity index (χ1v) is 11.4. The number of likely N-dealkylation sites (tertiary alicyclic amines) is 1. The normalized spacial score (nSPS) is 34.2. The third-order valence-electron chi connectivity index (χ3n) is 7.50. The first-order chi connectivity index (χ1) is 16.0. The van der Waals surface area contributed by atoms with Crippen molar-refractivity contribution >= 4 is 23.4 Å². The standard InChI is InChI=1S/C25H25N2O6/c1-3-14-27(16-10-12-17(31-2)13-11-16)23(30)24(25(27,33-24)20-9-6-15-32-20)26-21(28)18-7-4-5-8-19(18)22(26)29/h4-5,7-8,10-13,20H,3,6,9,14-15H2,1-2H3/q+1/t20?,24-,25-,27?/m0/s1. The molecule has 3 fully saturated rings. The smallest absolute Gasteiger partial charge is 0.385 e. The number of hydrogen-bond acceptors (Lipinski definition) is 6. The first kappa shape index (κ1) is 20.5. The third kappa shape index (κ3) is 2.14. The van der Waals surface area contributed by atoms with Crippen LogP contribution in [0.5, 0.6) is 5.75 Å². The van der Waals surface area contributed by atoms with Gasteiger partial charge in [0.2, 0.25) is 0 Å². The van der Waals surface area contributed by atoms with Gasteiger partial charge in [-0.1, -0.05) is 19.1 Å². The largest absolute Gasteiger partial charge is 0.497 e. The van der Waals surface area contributed by atoms with Crippen molar-refractivity contribution in [3.8, 4) is 5.75 Å². The van der Waals surface area contributed by atoms with Crippen LogP contribution in [-0.4, -0.2) is 60.4 Å². The maximum Gasteiger partial charge on any atom is 0.385 e. The fourth-order valence-electron chi connectivity index (χ4n) is 6.16. The molecular formula is C25H25N2O6+. The predicted octanol–water partition coefficient (Wildman–Crippen LogP) is 2.85. The predicted molar refractivity (Wildman–Crippen MR) is 117 cm³/mol. The van der Waals surface area contributed by atoms with Crippen molar-refractivity contribution in [2.75, 3.05) is 20.3 Å². The van der Waals surface area contributed by atoms with E-state index < -0.39 is 29.4 Å². The van der Waals surface area contributed by atoms with Gasteiger partial charge < -0.3 is 9.47 Å². The van der Waals surface area contributed by atoms with Gasteiger partial charge in [0, 0.05) is 18.7 Å². The molecule has 6 rings (SSSR count). The number of benzene rings is 2. The van der Waals surface area contributed by atoms with Crippen LogP contribution < -0.4 is 9.22 Å². The van der Waals surface area contributed by atoms with Crippen LogP contribution in [0.25, 0.3) is 0 Å². The van der Waals surface area contributed by atoms with Crippen LogP contribution in [0, 0.1) is 0 Å². The molecule has 170 valence electrons. The molecular weight excluding hydrogens is 424 g/mol. The van der Waals surface area contributed by atoms with Gasteiger partial charge in [0.15, 0.2) is 0 Å². The van der Waals surface area contributed by atoms with Crippen LogP contribution in [-0.2, 0) is 14.3 Å². The van der Waals surface area contributed by atoms with E-state index in [-0.39, 0.29) is 10.4 Å². The number of amides is 3. The van der Waals surface area contributed by atoms with Gasteiger partial charge in [-0.3, -0.25) is 14.3 Å². The Kier molecular flexibility index (Phi) is 4.18. The highest BCUT2D eigenvalue weighted by molar-refractivity contribution is 6.26. The van der Waals surface area contributed by atoms with Crippen LogP contribution in [0.2, 0.25) is 0 Å². The summed E-state index contributed by atoms with van der Waals surface area (Å²) in [6, 6.07) is 14.0. The van der Waals surface area contributed by atoms with Crippen molar-refractivity contribution < 1.29 is 28.6 Å². The molecule has 2 aromatic rings. The molecule has 33 heavy (non-hydrogen) atoms. The topological polar surface area (TPSA) is 85.4 Å². The van der Waals surface area contributed by atoms with Crippen LogP contribution in [0.4, 0.5) is 5.69 Å². The number of fused-ring (bicyclic) bond motifs is 2. The number of quaternary nitrogens is 1. The van der Waals surface area contributed by atoms with E-state index in [0.29, 0.717) is 42.9 Å². The Bertz CT molecular complexity index is 1150. The molecule has 8 nitrogen and oxygen atoms in total. The van der Waals surface area contributed by atoms with E-state index in [4.69, 9.17) is 14.2 Å². The fraction of sp³-hybridized carbons (Fsp3) is 0.400. The van der Waals surface area contributed by atoms with E-state index >= 15 is 0 Å². The molecule has 0 aromatic heterocycles. The average molecular weight is 449 g/mol. The van der Waals surface area contributed by atoms with Crippen LogP contribution >= 0.6 is 0 Å². The molecule has 3 saturated heterocycles. The molecule has 2 aromatic carbocycles. The fourth-order valence-corrected chi connectivity index (χ4v) is 6.16. The number of nitrogens with zero attached hydrogens (tertiary/aromatic N) is 2. The molecule has 0 spiro atoms. The highest BCUT2D eigenvalue weighted by atomic mass is 16.7. The summed E-state index contributed by atoms with van der Waals surface area (Å²) < 4.78 is 17.7. The van der Waals surface area contributed by atoms with E-state index in [1.807, 2.05) is 31.2 Å². The molecule has 0 bridgehead atoms. The van der Waals surface area contributed by atoms with E-state index in [1.54, 1.807) is 31.4 Å². The van der Waals surface area contributed by atoms with Gasteiger partial charge in [-0.2, -0.15) is 4.48 Å². The van der Waals surface area contributed by atoms with Crippen molar-refractivity contribution in [1.29, 1.82) is 0 Å². The molecule has 8 heteroatoms. The highest BCUT2D eigenvalue weighted by Gasteiger charge is 3.06. The monoisotopic (exact) mass is 449 g/mol. The summed E-state index contributed by atoms with van der Waals surface area (Å²) in [6.07, 6.45) is 1.82. The lowest BCUT2D eigenvalue weighted by Gasteiger charge is -2.50. The van der Waals surface area contributed by atoms with Gasteiger partial charge in [-0.05, 0) is 43.5 Å². The average Bonchev–Trinajstić information content (AvgIpc) is 3.11. The van der Waals surface area contributed by atoms with Crippen LogP contribution in [0.15, 0.2) is 48.5 Å². The minimum absolute atomic E-state index is 0.106. The second-order valence-electron chi connectivity index (χ2n) is 8.97. The number of imide groups is 1. The van der Waals surface area contributed by atoms with Gasteiger partial charge in [-0.15, -0.1) is 0 Å².